The van der Waals surface area contributed by atoms with E-state index in [1.807, 2.05) is 0 Å². The summed E-state index contributed by atoms with van der Waals surface area (Å²) in [4.78, 5) is 12.5. The number of carbonyl (C=O) groups is 1. The maximum Gasteiger partial charge on any atom is 0.416 e. The smallest absolute Gasteiger partial charge is 0.349 e. The van der Waals surface area contributed by atoms with Gasteiger partial charge in [-0.15, -0.1) is 0 Å². The van der Waals surface area contributed by atoms with Gasteiger partial charge in [0, 0.05) is 24.7 Å². The van der Waals surface area contributed by atoms with Gasteiger partial charge in [0.2, 0.25) is 10.0 Å². The zero-order valence-corrected chi connectivity index (χ0v) is 16.7. The van der Waals surface area contributed by atoms with Crippen LogP contribution in [0, 0.1) is 13.8 Å². The maximum absolute atomic E-state index is 12.8. The van der Waals surface area contributed by atoms with Crippen molar-refractivity contribution in [3.05, 3.63) is 46.8 Å². The van der Waals surface area contributed by atoms with Crippen LogP contribution in [0.1, 0.15) is 40.2 Å². The van der Waals surface area contributed by atoms with Crippen molar-refractivity contribution in [3.8, 4) is 0 Å². The molecule has 29 heavy (non-hydrogen) atoms. The number of amides is 1. The summed E-state index contributed by atoms with van der Waals surface area (Å²) in [5, 5.41) is 9.36. The molecule has 0 unspecified atom stereocenters. The highest BCUT2D eigenvalue weighted by atomic mass is 32.2. The second-order valence-corrected chi connectivity index (χ2v) is 8.86. The second-order valence-electron chi connectivity index (χ2n) is 6.99. The number of aryl methyl sites for hydroxylation is 2. The number of hydrogen-bond donors (Lipinski definition) is 2. The van der Waals surface area contributed by atoms with Crippen molar-refractivity contribution < 1.29 is 26.4 Å². The van der Waals surface area contributed by atoms with E-state index in [9.17, 15) is 26.4 Å². The molecule has 0 aliphatic carbocycles. The summed E-state index contributed by atoms with van der Waals surface area (Å²) < 4.78 is 64.9. The third-order valence-electron chi connectivity index (χ3n) is 4.92. The molecule has 1 aromatic carbocycles. The molecule has 1 saturated heterocycles. The van der Waals surface area contributed by atoms with E-state index in [-0.39, 0.29) is 29.6 Å². The lowest BCUT2D eigenvalue weighted by Gasteiger charge is -2.31. The molecule has 0 saturated carbocycles. The first kappa shape index (κ1) is 21.3. The Morgan fingerprint density at radius 2 is 1.76 bits per heavy atom. The number of H-pyrrole nitrogens is 1. The molecule has 0 radical (unpaired) electrons. The highest BCUT2D eigenvalue weighted by molar-refractivity contribution is 7.89. The van der Waals surface area contributed by atoms with Crippen LogP contribution >= 0.6 is 0 Å². The largest absolute Gasteiger partial charge is 0.416 e. The minimum Gasteiger partial charge on any atom is -0.349 e. The van der Waals surface area contributed by atoms with Gasteiger partial charge in [0.05, 0.1) is 17.0 Å². The molecule has 11 heteroatoms. The van der Waals surface area contributed by atoms with E-state index < -0.39 is 27.7 Å². The number of aromatic nitrogens is 2. The number of nitrogens with zero attached hydrogens (tertiary/aromatic N) is 2. The Morgan fingerprint density at radius 3 is 2.24 bits per heavy atom. The quantitative estimate of drug-likeness (QED) is 0.780. The number of aromatic amines is 1. The summed E-state index contributed by atoms with van der Waals surface area (Å²) in [5.41, 5.74) is 0.176. The van der Waals surface area contributed by atoms with Crippen molar-refractivity contribution in [2.45, 2.75) is 43.8 Å². The molecule has 3 rings (SSSR count). The molecule has 7 nitrogen and oxygen atoms in total. The fraction of sp³-hybridized carbons (Fsp3) is 0.444. The number of carbonyl (C=O) groups excluding carboxylic acids is 1. The monoisotopic (exact) mass is 430 g/mol. The summed E-state index contributed by atoms with van der Waals surface area (Å²) in [5.74, 6) is -0.485. The number of rotatable bonds is 4. The van der Waals surface area contributed by atoms with Crippen LogP contribution in [0.2, 0.25) is 0 Å². The number of hydrogen-bond acceptors (Lipinski definition) is 4. The van der Waals surface area contributed by atoms with Crippen molar-refractivity contribution in [2.75, 3.05) is 13.1 Å². The molecule has 1 aliphatic heterocycles. The average Bonchev–Trinajstić information content (AvgIpc) is 3.00. The second kappa shape index (κ2) is 7.79. The maximum atomic E-state index is 12.8. The van der Waals surface area contributed by atoms with Crippen molar-refractivity contribution in [3.63, 3.8) is 0 Å². The zero-order chi connectivity index (χ0) is 21.4. The van der Waals surface area contributed by atoms with E-state index in [2.05, 4.69) is 15.5 Å². The first-order chi connectivity index (χ1) is 13.5. The van der Waals surface area contributed by atoms with Crippen LogP contribution in [0.4, 0.5) is 13.2 Å². The minimum atomic E-state index is -4.46. The van der Waals surface area contributed by atoms with E-state index >= 15 is 0 Å². The van der Waals surface area contributed by atoms with Crippen LogP contribution in [0.15, 0.2) is 29.2 Å². The summed E-state index contributed by atoms with van der Waals surface area (Å²) in [6, 6.07) is 3.71. The van der Waals surface area contributed by atoms with Gasteiger partial charge < -0.3 is 5.32 Å². The van der Waals surface area contributed by atoms with E-state index in [1.54, 1.807) is 13.8 Å². The normalized spacial score (nSPS) is 16.7. The molecular weight excluding hydrogens is 409 g/mol. The van der Waals surface area contributed by atoms with Gasteiger partial charge in [-0.1, -0.05) is 0 Å². The van der Waals surface area contributed by atoms with Crippen LogP contribution in [-0.4, -0.2) is 48.0 Å². The van der Waals surface area contributed by atoms with Crippen LogP contribution in [0.25, 0.3) is 0 Å². The first-order valence-corrected chi connectivity index (χ1v) is 10.4. The predicted molar refractivity (Wildman–Crippen MR) is 98.8 cm³/mol. The molecule has 0 spiro atoms. The van der Waals surface area contributed by atoms with Crippen LogP contribution in [0.5, 0.6) is 0 Å². The Balaban J connectivity index is 1.60. The number of nitrogens with one attached hydrogen (secondary N) is 2. The zero-order valence-electron chi connectivity index (χ0n) is 15.9. The predicted octanol–water partition coefficient (Wildman–Crippen LogP) is 2.63. The Bertz CT molecular complexity index is 973. The van der Waals surface area contributed by atoms with Crippen molar-refractivity contribution in [2.24, 2.45) is 0 Å². The van der Waals surface area contributed by atoms with E-state index in [4.69, 9.17) is 0 Å². The van der Waals surface area contributed by atoms with Crippen LogP contribution < -0.4 is 5.32 Å². The molecule has 0 bridgehead atoms. The molecule has 158 valence electrons. The Kier molecular flexibility index (Phi) is 5.72. The number of piperidine rings is 1. The number of sulfonamides is 1. The van der Waals surface area contributed by atoms with Gasteiger partial charge in [-0.2, -0.15) is 22.6 Å². The number of halogens is 3. The van der Waals surface area contributed by atoms with E-state index in [0.29, 0.717) is 24.2 Å². The lowest BCUT2D eigenvalue weighted by atomic mass is 10.1. The van der Waals surface area contributed by atoms with E-state index in [0.717, 1.165) is 24.3 Å². The first-order valence-electron chi connectivity index (χ1n) is 9.00. The van der Waals surface area contributed by atoms with Gasteiger partial charge >= 0.3 is 6.18 Å². The highest BCUT2D eigenvalue weighted by Crippen LogP contribution is 2.29. The average molecular weight is 430 g/mol. The van der Waals surface area contributed by atoms with Crippen LogP contribution in [0.3, 0.4) is 0 Å². The molecule has 1 aromatic heterocycles. The Hall–Kier alpha value is -2.40. The molecule has 0 atom stereocenters. The summed E-state index contributed by atoms with van der Waals surface area (Å²) in [6.45, 7) is 3.71. The standard InChI is InChI=1S/C18H21F3N4O3S/c1-11-16(12(2)24-23-11)29(27,28)25-9-7-15(8-10-25)22-17(26)13-3-5-14(6-4-13)18(19,20)21/h3-6,15H,7-10H2,1-2H3,(H,22,26)(H,23,24). The molecular formula is C18H21F3N4O3S. The molecule has 1 fully saturated rings. The SMILES string of the molecule is Cc1n[nH]c(C)c1S(=O)(=O)N1CCC(NC(=O)c2ccc(C(F)(F)F)cc2)CC1. The van der Waals surface area contributed by atoms with Gasteiger partial charge in [-0.3, -0.25) is 9.89 Å². The number of benzene rings is 1. The van der Waals surface area contributed by atoms with Crippen molar-refractivity contribution in [1.82, 2.24) is 19.8 Å². The Morgan fingerprint density at radius 1 is 1.17 bits per heavy atom. The molecule has 2 heterocycles. The van der Waals surface area contributed by atoms with Gasteiger partial charge in [-0.05, 0) is 51.0 Å². The minimum absolute atomic E-state index is 0.123. The third-order valence-corrected chi connectivity index (χ3v) is 7.08. The Labute approximate surface area is 166 Å². The van der Waals surface area contributed by atoms with Gasteiger partial charge in [0.15, 0.2) is 0 Å². The fourth-order valence-corrected chi connectivity index (χ4v) is 5.17. The lowest BCUT2D eigenvalue weighted by Crippen LogP contribution is -2.46. The van der Waals surface area contributed by atoms with Gasteiger partial charge in [0.1, 0.15) is 4.90 Å². The van der Waals surface area contributed by atoms with E-state index in [1.165, 1.54) is 4.31 Å². The molecule has 2 aromatic rings. The molecule has 1 aliphatic rings. The van der Waals surface area contributed by atoms with Crippen molar-refractivity contribution in [1.29, 1.82) is 0 Å². The van der Waals surface area contributed by atoms with Crippen molar-refractivity contribution >= 4 is 15.9 Å². The van der Waals surface area contributed by atoms with Crippen LogP contribution in [-0.2, 0) is 16.2 Å². The highest BCUT2D eigenvalue weighted by Gasteiger charge is 2.33. The van der Waals surface area contributed by atoms with Gasteiger partial charge in [-0.25, -0.2) is 8.42 Å². The fourth-order valence-electron chi connectivity index (χ4n) is 3.37. The molecule has 1 amide bonds. The summed E-state index contributed by atoms with van der Waals surface area (Å²) in [7, 11) is -3.68. The van der Waals surface area contributed by atoms with Gasteiger partial charge in [0.25, 0.3) is 5.91 Å². The lowest BCUT2D eigenvalue weighted by molar-refractivity contribution is -0.137. The number of alkyl halides is 3. The summed E-state index contributed by atoms with van der Waals surface area (Å²) in [6.07, 6.45) is -3.65. The topological polar surface area (TPSA) is 95.2 Å². The third kappa shape index (κ3) is 4.45. The molecule has 2 N–H and O–H groups in total. The summed E-state index contributed by atoms with van der Waals surface area (Å²) >= 11 is 0.